The first-order chi connectivity index (χ1) is 13.7. The van der Waals surface area contributed by atoms with Crippen molar-refractivity contribution in [3.05, 3.63) is 23.8 Å². The Morgan fingerprint density at radius 1 is 1.14 bits per heavy atom. The van der Waals surface area contributed by atoms with Gasteiger partial charge in [-0.15, -0.1) is 0 Å². The van der Waals surface area contributed by atoms with E-state index in [0.717, 1.165) is 38.6 Å². The van der Waals surface area contributed by atoms with Crippen LogP contribution in [0.15, 0.2) is 18.2 Å². The van der Waals surface area contributed by atoms with Crippen LogP contribution in [0.1, 0.15) is 68.6 Å². The van der Waals surface area contributed by atoms with Gasteiger partial charge in [0.1, 0.15) is 0 Å². The van der Waals surface area contributed by atoms with Gasteiger partial charge >= 0.3 is 0 Å². The summed E-state index contributed by atoms with van der Waals surface area (Å²) in [6, 6.07) is 5.23. The molecule has 0 spiro atoms. The Balaban J connectivity index is 1.82. The number of ether oxygens (including phenoxy) is 2. The highest BCUT2D eigenvalue weighted by molar-refractivity contribution is 5.94. The Kier molecular flexibility index (Phi) is 9.66. The van der Waals surface area contributed by atoms with Crippen LogP contribution in [0.25, 0.3) is 0 Å². The molecule has 1 N–H and O–H groups in total. The van der Waals surface area contributed by atoms with Crippen molar-refractivity contribution in [1.82, 2.24) is 10.2 Å². The van der Waals surface area contributed by atoms with Crippen LogP contribution in [0.3, 0.4) is 0 Å². The Morgan fingerprint density at radius 3 is 2.79 bits per heavy atom. The largest absolute Gasteiger partial charge is 0.493 e. The van der Waals surface area contributed by atoms with Crippen LogP contribution < -0.4 is 14.8 Å². The molecular formula is C22H34N2O4. The number of amides is 2. The maximum Gasteiger partial charge on any atom is 0.251 e. The van der Waals surface area contributed by atoms with Gasteiger partial charge in [-0.2, -0.15) is 0 Å². The number of rotatable bonds is 11. The maximum absolute atomic E-state index is 12.4. The summed E-state index contributed by atoms with van der Waals surface area (Å²) >= 11 is 0. The minimum Gasteiger partial charge on any atom is -0.493 e. The van der Waals surface area contributed by atoms with E-state index in [0.29, 0.717) is 43.2 Å². The van der Waals surface area contributed by atoms with E-state index in [2.05, 4.69) is 12.2 Å². The van der Waals surface area contributed by atoms with Crippen molar-refractivity contribution in [3.63, 3.8) is 0 Å². The highest BCUT2D eigenvalue weighted by Crippen LogP contribution is 2.28. The second-order valence-electron chi connectivity index (χ2n) is 7.22. The summed E-state index contributed by atoms with van der Waals surface area (Å²) in [6.45, 7) is 4.61. The lowest BCUT2D eigenvalue weighted by atomic mass is 10.2. The zero-order chi connectivity index (χ0) is 20.2. The van der Waals surface area contributed by atoms with E-state index in [1.807, 2.05) is 4.90 Å². The van der Waals surface area contributed by atoms with Crippen LogP contribution in [0, 0.1) is 0 Å². The van der Waals surface area contributed by atoms with Crippen LogP contribution in [-0.4, -0.2) is 50.1 Å². The van der Waals surface area contributed by atoms with E-state index in [-0.39, 0.29) is 11.8 Å². The van der Waals surface area contributed by atoms with Crippen LogP contribution in [-0.2, 0) is 4.79 Å². The molecule has 1 saturated heterocycles. The summed E-state index contributed by atoms with van der Waals surface area (Å²) in [6.07, 6.45) is 8.28. The molecule has 28 heavy (non-hydrogen) atoms. The number of nitrogens with zero attached hydrogens (tertiary/aromatic N) is 1. The Labute approximate surface area is 168 Å². The summed E-state index contributed by atoms with van der Waals surface area (Å²) < 4.78 is 11.2. The van der Waals surface area contributed by atoms with Crippen LogP contribution in [0.2, 0.25) is 0 Å². The van der Waals surface area contributed by atoms with Gasteiger partial charge in [0.15, 0.2) is 11.5 Å². The van der Waals surface area contributed by atoms with Gasteiger partial charge < -0.3 is 19.7 Å². The van der Waals surface area contributed by atoms with Crippen LogP contribution in [0.5, 0.6) is 11.5 Å². The first kappa shape index (κ1) is 22.1. The van der Waals surface area contributed by atoms with E-state index in [1.165, 1.54) is 12.8 Å². The fourth-order valence-electron chi connectivity index (χ4n) is 3.32. The molecule has 1 aromatic rings. The van der Waals surface area contributed by atoms with Crippen molar-refractivity contribution in [2.24, 2.45) is 0 Å². The van der Waals surface area contributed by atoms with Crippen molar-refractivity contribution in [2.45, 2.75) is 58.3 Å². The number of unbranched alkanes of at least 4 members (excludes halogenated alkanes) is 3. The average molecular weight is 391 g/mol. The molecule has 6 heteroatoms. The molecule has 0 aromatic heterocycles. The number of carbonyl (C=O) groups is 2. The predicted molar refractivity (Wildman–Crippen MR) is 110 cm³/mol. The smallest absolute Gasteiger partial charge is 0.251 e. The highest BCUT2D eigenvalue weighted by Gasteiger charge is 2.17. The van der Waals surface area contributed by atoms with Gasteiger partial charge in [-0.3, -0.25) is 9.59 Å². The molecule has 2 rings (SSSR count). The van der Waals surface area contributed by atoms with Gasteiger partial charge in [0.05, 0.1) is 13.7 Å². The number of likely N-dealkylation sites (tertiary alicyclic amines) is 1. The lowest BCUT2D eigenvalue weighted by Gasteiger charge is -2.20. The SMILES string of the molecule is CCCCCCOc1ccc(C(=O)NCCN2CCCCCC2=O)cc1OC. The second kappa shape index (κ2) is 12.3. The molecule has 0 saturated carbocycles. The quantitative estimate of drug-likeness (QED) is 0.584. The van der Waals surface area contributed by atoms with Gasteiger partial charge in [0, 0.05) is 31.6 Å². The van der Waals surface area contributed by atoms with Crippen molar-refractivity contribution in [2.75, 3.05) is 33.4 Å². The minimum atomic E-state index is -0.171. The molecule has 6 nitrogen and oxygen atoms in total. The molecule has 0 bridgehead atoms. The molecular weight excluding hydrogens is 356 g/mol. The zero-order valence-electron chi connectivity index (χ0n) is 17.3. The Hall–Kier alpha value is -2.24. The van der Waals surface area contributed by atoms with Gasteiger partial charge in [-0.05, 0) is 37.5 Å². The number of hydrogen-bond donors (Lipinski definition) is 1. The number of hydrogen-bond acceptors (Lipinski definition) is 4. The maximum atomic E-state index is 12.4. The average Bonchev–Trinajstić information content (AvgIpc) is 2.92. The fourth-order valence-corrected chi connectivity index (χ4v) is 3.32. The third-order valence-corrected chi connectivity index (χ3v) is 5.02. The molecule has 1 heterocycles. The van der Waals surface area contributed by atoms with Gasteiger partial charge in [0.2, 0.25) is 5.91 Å². The summed E-state index contributed by atoms with van der Waals surface area (Å²) in [4.78, 5) is 26.3. The van der Waals surface area contributed by atoms with Crippen molar-refractivity contribution in [3.8, 4) is 11.5 Å². The molecule has 0 atom stereocenters. The first-order valence-corrected chi connectivity index (χ1v) is 10.5. The lowest BCUT2D eigenvalue weighted by Crippen LogP contribution is -2.38. The molecule has 0 radical (unpaired) electrons. The fraction of sp³-hybridized carbons (Fsp3) is 0.636. The molecule has 0 unspecified atom stereocenters. The normalized spacial score (nSPS) is 14.5. The first-order valence-electron chi connectivity index (χ1n) is 10.5. The number of benzene rings is 1. The highest BCUT2D eigenvalue weighted by atomic mass is 16.5. The van der Waals surface area contributed by atoms with Gasteiger partial charge in [-0.1, -0.05) is 32.6 Å². The summed E-state index contributed by atoms with van der Waals surface area (Å²) in [7, 11) is 1.58. The van der Waals surface area contributed by atoms with Crippen molar-refractivity contribution < 1.29 is 19.1 Å². The van der Waals surface area contributed by atoms with Crippen LogP contribution >= 0.6 is 0 Å². The monoisotopic (exact) mass is 390 g/mol. The molecule has 1 aliphatic heterocycles. The molecule has 1 aromatic carbocycles. The van der Waals surface area contributed by atoms with Gasteiger partial charge in [0.25, 0.3) is 5.91 Å². The summed E-state index contributed by atoms with van der Waals surface area (Å²) in [5.74, 6) is 1.24. The van der Waals surface area contributed by atoms with E-state index >= 15 is 0 Å². The van der Waals surface area contributed by atoms with Gasteiger partial charge in [-0.25, -0.2) is 0 Å². The molecule has 1 fully saturated rings. The van der Waals surface area contributed by atoms with E-state index in [1.54, 1.807) is 25.3 Å². The van der Waals surface area contributed by atoms with E-state index < -0.39 is 0 Å². The number of nitrogens with one attached hydrogen (secondary N) is 1. The number of methoxy groups -OCH3 is 1. The number of carbonyl (C=O) groups excluding carboxylic acids is 2. The lowest BCUT2D eigenvalue weighted by molar-refractivity contribution is -0.130. The topological polar surface area (TPSA) is 67.9 Å². The Bertz CT molecular complexity index is 633. The minimum absolute atomic E-state index is 0.171. The second-order valence-corrected chi connectivity index (χ2v) is 7.22. The third-order valence-electron chi connectivity index (χ3n) is 5.02. The molecule has 1 aliphatic rings. The van der Waals surface area contributed by atoms with Crippen molar-refractivity contribution in [1.29, 1.82) is 0 Å². The molecule has 2 amide bonds. The van der Waals surface area contributed by atoms with Crippen LogP contribution in [0.4, 0.5) is 0 Å². The van der Waals surface area contributed by atoms with Crippen molar-refractivity contribution >= 4 is 11.8 Å². The van der Waals surface area contributed by atoms with E-state index in [9.17, 15) is 9.59 Å². The molecule has 0 aliphatic carbocycles. The van der Waals surface area contributed by atoms with E-state index in [4.69, 9.17) is 9.47 Å². The Morgan fingerprint density at radius 2 is 2.00 bits per heavy atom. The summed E-state index contributed by atoms with van der Waals surface area (Å²) in [5.41, 5.74) is 0.525. The summed E-state index contributed by atoms with van der Waals surface area (Å²) in [5, 5.41) is 2.90. The molecule has 156 valence electrons. The zero-order valence-corrected chi connectivity index (χ0v) is 17.3. The standard InChI is InChI=1S/C22H34N2O4/c1-3-4-5-9-16-28-19-12-11-18(17-20(19)27-2)22(26)23-13-15-24-14-8-6-7-10-21(24)25/h11-12,17H,3-10,13-16H2,1-2H3,(H,23,26). The third kappa shape index (κ3) is 7.06. The predicted octanol–water partition coefficient (Wildman–Crippen LogP) is 3.79.